The van der Waals surface area contributed by atoms with Gasteiger partial charge in [0.05, 0.1) is 6.61 Å². The Bertz CT molecular complexity index is 273. The van der Waals surface area contributed by atoms with Crippen LogP contribution in [-0.4, -0.2) is 23.7 Å². The molecule has 4 nitrogen and oxygen atoms in total. The SMILES string of the molecule is N[C@@H](CO)C(=O)Oc1ccccc1. The molecule has 0 unspecified atom stereocenters. The van der Waals surface area contributed by atoms with Crippen molar-refractivity contribution >= 4 is 5.97 Å². The zero-order valence-corrected chi connectivity index (χ0v) is 7.01. The fourth-order valence-electron chi connectivity index (χ4n) is 0.755. The van der Waals surface area contributed by atoms with Crippen LogP contribution in [0.2, 0.25) is 0 Å². The molecule has 0 radical (unpaired) electrons. The normalized spacial score (nSPS) is 12.2. The number of para-hydroxylation sites is 1. The molecule has 0 saturated heterocycles. The number of esters is 1. The molecule has 0 bridgehead atoms. The maximum atomic E-state index is 11.0. The largest absolute Gasteiger partial charge is 0.425 e. The van der Waals surface area contributed by atoms with Gasteiger partial charge in [-0.2, -0.15) is 0 Å². The second kappa shape index (κ2) is 4.59. The second-order valence-corrected chi connectivity index (χ2v) is 2.52. The van der Waals surface area contributed by atoms with Crippen molar-refractivity contribution in [3.63, 3.8) is 0 Å². The molecule has 1 aromatic rings. The molecule has 0 aliphatic rings. The lowest BCUT2D eigenvalue weighted by Crippen LogP contribution is -2.37. The predicted octanol–water partition coefficient (Wildman–Crippen LogP) is -0.0884. The minimum atomic E-state index is -0.972. The Kier molecular flexibility index (Phi) is 3.42. The quantitative estimate of drug-likeness (QED) is 0.505. The Morgan fingerprint density at radius 1 is 1.46 bits per heavy atom. The van der Waals surface area contributed by atoms with Crippen molar-refractivity contribution in [1.29, 1.82) is 0 Å². The van der Waals surface area contributed by atoms with Crippen LogP contribution in [0.5, 0.6) is 5.75 Å². The van der Waals surface area contributed by atoms with Crippen LogP contribution in [0.4, 0.5) is 0 Å². The van der Waals surface area contributed by atoms with Crippen LogP contribution >= 0.6 is 0 Å². The van der Waals surface area contributed by atoms with E-state index in [1.54, 1.807) is 24.3 Å². The second-order valence-electron chi connectivity index (χ2n) is 2.52. The number of aliphatic hydroxyl groups excluding tert-OH is 1. The molecule has 0 aromatic heterocycles. The summed E-state index contributed by atoms with van der Waals surface area (Å²) in [5, 5.41) is 8.56. The molecule has 1 aromatic carbocycles. The Morgan fingerprint density at radius 2 is 2.08 bits per heavy atom. The van der Waals surface area contributed by atoms with Gasteiger partial charge in [0, 0.05) is 0 Å². The van der Waals surface area contributed by atoms with Crippen molar-refractivity contribution in [2.75, 3.05) is 6.61 Å². The number of rotatable bonds is 3. The highest BCUT2D eigenvalue weighted by molar-refractivity contribution is 5.78. The van der Waals surface area contributed by atoms with Crippen LogP contribution in [0, 0.1) is 0 Å². The number of benzene rings is 1. The molecule has 0 fully saturated rings. The van der Waals surface area contributed by atoms with Crippen LogP contribution in [-0.2, 0) is 4.79 Å². The van der Waals surface area contributed by atoms with E-state index in [4.69, 9.17) is 15.6 Å². The maximum Gasteiger partial charge on any atom is 0.330 e. The van der Waals surface area contributed by atoms with E-state index in [2.05, 4.69) is 0 Å². The average Bonchev–Trinajstić information content (AvgIpc) is 2.18. The topological polar surface area (TPSA) is 72.5 Å². The van der Waals surface area contributed by atoms with Crippen molar-refractivity contribution in [1.82, 2.24) is 0 Å². The summed E-state index contributed by atoms with van der Waals surface area (Å²) in [5.74, 6) is -0.204. The predicted molar refractivity (Wildman–Crippen MR) is 47.1 cm³/mol. The van der Waals surface area contributed by atoms with Gasteiger partial charge in [-0.15, -0.1) is 0 Å². The molecule has 4 heteroatoms. The van der Waals surface area contributed by atoms with E-state index >= 15 is 0 Å². The van der Waals surface area contributed by atoms with Gasteiger partial charge in [-0.3, -0.25) is 0 Å². The number of nitrogens with two attached hydrogens (primary N) is 1. The van der Waals surface area contributed by atoms with Gasteiger partial charge < -0.3 is 15.6 Å². The van der Waals surface area contributed by atoms with Gasteiger partial charge in [0.15, 0.2) is 0 Å². The summed E-state index contributed by atoms with van der Waals surface area (Å²) in [7, 11) is 0. The molecule has 0 spiro atoms. The number of carbonyl (C=O) groups excluding carboxylic acids is 1. The molecular weight excluding hydrogens is 170 g/mol. The molecule has 1 rings (SSSR count). The van der Waals surface area contributed by atoms with E-state index in [0.29, 0.717) is 5.75 Å². The summed E-state index contributed by atoms with van der Waals surface area (Å²) in [6, 6.07) is 7.60. The van der Waals surface area contributed by atoms with E-state index in [1.165, 1.54) is 0 Å². The summed E-state index contributed by atoms with van der Waals surface area (Å²) in [5.41, 5.74) is 5.24. The molecule has 0 aliphatic heterocycles. The lowest BCUT2D eigenvalue weighted by molar-refractivity contribution is -0.136. The third-order valence-corrected chi connectivity index (χ3v) is 1.46. The number of hydrogen-bond acceptors (Lipinski definition) is 4. The number of ether oxygens (including phenoxy) is 1. The first-order valence-electron chi connectivity index (χ1n) is 3.87. The van der Waals surface area contributed by atoms with Crippen molar-refractivity contribution in [2.45, 2.75) is 6.04 Å². The van der Waals surface area contributed by atoms with Crippen molar-refractivity contribution < 1.29 is 14.6 Å². The smallest absolute Gasteiger partial charge is 0.330 e. The first kappa shape index (κ1) is 9.70. The fourth-order valence-corrected chi connectivity index (χ4v) is 0.755. The van der Waals surface area contributed by atoms with Gasteiger partial charge in [-0.25, -0.2) is 4.79 Å². The highest BCUT2D eigenvalue weighted by atomic mass is 16.5. The van der Waals surface area contributed by atoms with Gasteiger partial charge in [0.25, 0.3) is 0 Å². The molecule has 70 valence electrons. The molecule has 13 heavy (non-hydrogen) atoms. The first-order chi connectivity index (χ1) is 6.24. The summed E-state index contributed by atoms with van der Waals surface area (Å²) >= 11 is 0. The van der Waals surface area contributed by atoms with Gasteiger partial charge in [-0.1, -0.05) is 18.2 Å². The van der Waals surface area contributed by atoms with Gasteiger partial charge in [0.2, 0.25) is 0 Å². The van der Waals surface area contributed by atoms with E-state index in [0.717, 1.165) is 0 Å². The minimum absolute atomic E-state index is 0.411. The third-order valence-electron chi connectivity index (χ3n) is 1.46. The highest BCUT2D eigenvalue weighted by Crippen LogP contribution is 2.08. The van der Waals surface area contributed by atoms with E-state index in [9.17, 15) is 4.79 Å². The highest BCUT2D eigenvalue weighted by Gasteiger charge is 2.13. The van der Waals surface area contributed by atoms with E-state index in [-0.39, 0.29) is 0 Å². The Hall–Kier alpha value is -1.39. The van der Waals surface area contributed by atoms with Crippen LogP contribution < -0.4 is 10.5 Å². The summed E-state index contributed by atoms with van der Waals surface area (Å²) < 4.78 is 4.84. The van der Waals surface area contributed by atoms with Crippen LogP contribution in [0.1, 0.15) is 0 Å². The van der Waals surface area contributed by atoms with Crippen LogP contribution in [0.15, 0.2) is 30.3 Å². The van der Waals surface area contributed by atoms with Gasteiger partial charge in [0.1, 0.15) is 11.8 Å². The standard InChI is InChI=1S/C9H11NO3/c10-8(6-11)9(12)13-7-4-2-1-3-5-7/h1-5,8,11H,6,10H2/t8-/m0/s1. The Morgan fingerprint density at radius 3 is 2.62 bits per heavy atom. The summed E-state index contributed by atoms with van der Waals surface area (Å²) in [4.78, 5) is 11.0. The van der Waals surface area contributed by atoms with Gasteiger partial charge >= 0.3 is 5.97 Å². The molecule has 1 atom stereocenters. The third kappa shape index (κ3) is 2.85. The maximum absolute atomic E-state index is 11.0. The molecule has 0 aliphatic carbocycles. The molecule has 3 N–H and O–H groups in total. The fraction of sp³-hybridized carbons (Fsp3) is 0.222. The summed E-state index contributed by atoms with van der Waals surface area (Å²) in [6.45, 7) is -0.411. The van der Waals surface area contributed by atoms with Crippen molar-refractivity contribution in [2.24, 2.45) is 5.73 Å². The number of aliphatic hydroxyl groups is 1. The zero-order valence-electron chi connectivity index (χ0n) is 7.01. The molecule has 0 amide bonds. The minimum Gasteiger partial charge on any atom is -0.425 e. The lowest BCUT2D eigenvalue weighted by Gasteiger charge is -2.07. The zero-order chi connectivity index (χ0) is 9.68. The first-order valence-corrected chi connectivity index (χ1v) is 3.87. The Balaban J connectivity index is 2.55. The van der Waals surface area contributed by atoms with Crippen molar-refractivity contribution in [3.05, 3.63) is 30.3 Å². The molecule has 0 saturated carbocycles. The molecule has 0 heterocycles. The number of hydrogen-bond donors (Lipinski definition) is 2. The Labute approximate surface area is 75.9 Å². The monoisotopic (exact) mass is 181 g/mol. The summed E-state index contributed by atoms with van der Waals surface area (Å²) in [6.07, 6.45) is 0. The van der Waals surface area contributed by atoms with Crippen LogP contribution in [0.25, 0.3) is 0 Å². The van der Waals surface area contributed by atoms with Gasteiger partial charge in [-0.05, 0) is 12.1 Å². The van der Waals surface area contributed by atoms with E-state index in [1.807, 2.05) is 6.07 Å². The van der Waals surface area contributed by atoms with Crippen molar-refractivity contribution in [3.8, 4) is 5.75 Å². The number of carbonyl (C=O) groups is 1. The lowest BCUT2D eigenvalue weighted by atomic mass is 10.3. The average molecular weight is 181 g/mol. The van der Waals surface area contributed by atoms with Crippen LogP contribution in [0.3, 0.4) is 0 Å². The van der Waals surface area contributed by atoms with E-state index < -0.39 is 18.6 Å². The molecular formula is C9H11NO3.